The number of hydrogen-bond donors (Lipinski definition) is 2. The minimum absolute atomic E-state index is 0.0989. The number of unbranched alkanes of at least 4 members (excludes halogenated alkanes) is 1. The maximum absolute atomic E-state index is 11.0. The highest BCUT2D eigenvalue weighted by Crippen LogP contribution is 2.03. The minimum atomic E-state index is -0.804. The summed E-state index contributed by atoms with van der Waals surface area (Å²) in [6.07, 6.45) is 4.98. The van der Waals surface area contributed by atoms with Gasteiger partial charge in [-0.05, 0) is 19.8 Å². The highest BCUT2D eigenvalue weighted by molar-refractivity contribution is 7.84. The van der Waals surface area contributed by atoms with Gasteiger partial charge in [0.25, 0.3) is 0 Å². The second kappa shape index (κ2) is 8.70. The second-order valence-corrected chi connectivity index (χ2v) is 5.72. The van der Waals surface area contributed by atoms with Crippen LogP contribution in [0.4, 0.5) is 0 Å². The standard InChI is InChI=1S/C11H23NO3S/c1-4-5-6-10(11(13)14)12-9(2)7-8-16(3)15/h9-10,12H,4-8H2,1-3H3,(H,13,14). The van der Waals surface area contributed by atoms with E-state index < -0.39 is 22.8 Å². The summed E-state index contributed by atoms with van der Waals surface area (Å²) in [6.45, 7) is 3.98. The van der Waals surface area contributed by atoms with Gasteiger partial charge in [0.2, 0.25) is 0 Å². The van der Waals surface area contributed by atoms with Crippen molar-refractivity contribution in [3.63, 3.8) is 0 Å². The summed E-state index contributed by atoms with van der Waals surface area (Å²) in [5.41, 5.74) is 0. The van der Waals surface area contributed by atoms with Crippen LogP contribution in [0.5, 0.6) is 0 Å². The zero-order chi connectivity index (χ0) is 12.6. The lowest BCUT2D eigenvalue weighted by Crippen LogP contribution is -2.42. The van der Waals surface area contributed by atoms with Crippen molar-refractivity contribution in [2.24, 2.45) is 0 Å². The molecule has 4 nitrogen and oxygen atoms in total. The summed E-state index contributed by atoms with van der Waals surface area (Å²) in [4.78, 5) is 11.0. The normalized spacial score (nSPS) is 16.7. The van der Waals surface area contributed by atoms with E-state index in [9.17, 15) is 9.00 Å². The first-order chi connectivity index (χ1) is 7.47. The average molecular weight is 249 g/mol. The predicted octanol–water partition coefficient (Wildman–Crippen LogP) is 1.38. The maximum Gasteiger partial charge on any atom is 0.320 e. The van der Waals surface area contributed by atoms with Gasteiger partial charge in [0.05, 0.1) is 0 Å². The Kier molecular flexibility index (Phi) is 8.47. The fourth-order valence-electron chi connectivity index (χ4n) is 1.46. The van der Waals surface area contributed by atoms with Crippen LogP contribution in [0.1, 0.15) is 39.5 Å². The van der Waals surface area contributed by atoms with Gasteiger partial charge in [0, 0.05) is 28.9 Å². The molecule has 3 unspecified atom stereocenters. The molecule has 0 heterocycles. The van der Waals surface area contributed by atoms with Crippen molar-refractivity contribution < 1.29 is 14.1 Å². The Bertz CT molecular complexity index is 233. The van der Waals surface area contributed by atoms with Crippen LogP contribution in [0.2, 0.25) is 0 Å². The summed E-state index contributed by atoms with van der Waals surface area (Å²) in [6, 6.07) is -0.373. The summed E-state index contributed by atoms with van der Waals surface area (Å²) < 4.78 is 10.9. The number of carboxylic acid groups (broad SMARTS) is 1. The fraction of sp³-hybridized carbons (Fsp3) is 0.909. The first kappa shape index (κ1) is 15.6. The highest BCUT2D eigenvalue weighted by atomic mass is 32.2. The zero-order valence-corrected chi connectivity index (χ0v) is 11.2. The SMILES string of the molecule is CCCCC(NC(C)CCS(C)=O)C(=O)O. The van der Waals surface area contributed by atoms with Gasteiger partial charge in [0.1, 0.15) is 6.04 Å². The quantitative estimate of drug-likeness (QED) is 0.648. The van der Waals surface area contributed by atoms with Crippen LogP contribution in [0, 0.1) is 0 Å². The Morgan fingerprint density at radius 3 is 2.50 bits per heavy atom. The predicted molar refractivity (Wildman–Crippen MR) is 67.1 cm³/mol. The average Bonchev–Trinajstić information content (AvgIpc) is 2.20. The molecule has 0 aliphatic heterocycles. The molecule has 0 aliphatic rings. The molecular weight excluding hydrogens is 226 g/mol. The largest absolute Gasteiger partial charge is 0.480 e. The zero-order valence-electron chi connectivity index (χ0n) is 10.4. The maximum atomic E-state index is 11.0. The number of aliphatic carboxylic acids is 1. The van der Waals surface area contributed by atoms with Crippen molar-refractivity contribution in [2.45, 2.75) is 51.6 Å². The second-order valence-electron chi connectivity index (χ2n) is 4.17. The van der Waals surface area contributed by atoms with E-state index in [4.69, 9.17) is 5.11 Å². The van der Waals surface area contributed by atoms with Gasteiger partial charge in [-0.1, -0.05) is 19.8 Å². The van der Waals surface area contributed by atoms with Gasteiger partial charge in [-0.3, -0.25) is 9.00 Å². The van der Waals surface area contributed by atoms with Crippen molar-refractivity contribution in [1.29, 1.82) is 0 Å². The number of rotatable bonds is 9. The van der Waals surface area contributed by atoms with Crippen LogP contribution in [0.25, 0.3) is 0 Å². The monoisotopic (exact) mass is 249 g/mol. The molecule has 0 fully saturated rings. The molecule has 0 aromatic rings. The van der Waals surface area contributed by atoms with E-state index in [0.717, 1.165) is 19.3 Å². The Balaban J connectivity index is 3.97. The molecular formula is C11H23NO3S. The summed E-state index contributed by atoms with van der Waals surface area (Å²) >= 11 is 0. The number of hydrogen-bond acceptors (Lipinski definition) is 3. The lowest BCUT2D eigenvalue weighted by atomic mass is 10.1. The molecule has 0 radical (unpaired) electrons. The lowest BCUT2D eigenvalue weighted by Gasteiger charge is -2.19. The van der Waals surface area contributed by atoms with E-state index in [1.165, 1.54) is 0 Å². The first-order valence-corrected chi connectivity index (χ1v) is 7.49. The Labute approximate surface area is 100 Å². The van der Waals surface area contributed by atoms with E-state index in [0.29, 0.717) is 12.2 Å². The third-order valence-corrected chi connectivity index (χ3v) is 3.28. The molecule has 0 bridgehead atoms. The van der Waals surface area contributed by atoms with Crippen molar-refractivity contribution in [2.75, 3.05) is 12.0 Å². The molecule has 0 aromatic heterocycles. The van der Waals surface area contributed by atoms with Crippen molar-refractivity contribution in [3.05, 3.63) is 0 Å². The molecule has 2 N–H and O–H groups in total. The highest BCUT2D eigenvalue weighted by Gasteiger charge is 2.18. The molecule has 16 heavy (non-hydrogen) atoms. The minimum Gasteiger partial charge on any atom is -0.480 e. The molecule has 0 aliphatic carbocycles. The molecule has 0 saturated carbocycles. The smallest absolute Gasteiger partial charge is 0.320 e. The van der Waals surface area contributed by atoms with E-state index in [2.05, 4.69) is 5.32 Å². The van der Waals surface area contributed by atoms with Crippen LogP contribution in [0.15, 0.2) is 0 Å². The van der Waals surface area contributed by atoms with Crippen LogP contribution in [0.3, 0.4) is 0 Å². The third-order valence-electron chi connectivity index (χ3n) is 2.47. The topological polar surface area (TPSA) is 66.4 Å². The van der Waals surface area contributed by atoms with Crippen LogP contribution in [-0.4, -0.2) is 39.4 Å². The van der Waals surface area contributed by atoms with Gasteiger partial charge in [0.15, 0.2) is 0 Å². The van der Waals surface area contributed by atoms with Crippen LogP contribution < -0.4 is 5.32 Å². The van der Waals surface area contributed by atoms with E-state index in [1.54, 1.807) is 6.26 Å². The van der Waals surface area contributed by atoms with Crippen LogP contribution >= 0.6 is 0 Å². The summed E-state index contributed by atoms with van der Waals surface area (Å²) in [5, 5.41) is 12.1. The third kappa shape index (κ3) is 7.82. The Morgan fingerprint density at radius 1 is 1.44 bits per heavy atom. The van der Waals surface area contributed by atoms with E-state index in [1.807, 2.05) is 13.8 Å². The fourth-order valence-corrected chi connectivity index (χ4v) is 2.14. The van der Waals surface area contributed by atoms with Crippen LogP contribution in [-0.2, 0) is 15.6 Å². The number of carboxylic acids is 1. The van der Waals surface area contributed by atoms with Gasteiger partial charge >= 0.3 is 5.97 Å². The van der Waals surface area contributed by atoms with Crippen molar-refractivity contribution in [1.82, 2.24) is 5.32 Å². The lowest BCUT2D eigenvalue weighted by molar-refractivity contribution is -0.139. The van der Waals surface area contributed by atoms with Gasteiger partial charge in [-0.2, -0.15) is 0 Å². The first-order valence-electron chi connectivity index (χ1n) is 5.76. The molecule has 0 amide bonds. The molecule has 0 aromatic carbocycles. The molecule has 0 saturated heterocycles. The molecule has 96 valence electrons. The molecule has 0 rings (SSSR count). The van der Waals surface area contributed by atoms with Gasteiger partial charge in [-0.15, -0.1) is 0 Å². The van der Waals surface area contributed by atoms with E-state index >= 15 is 0 Å². The van der Waals surface area contributed by atoms with E-state index in [-0.39, 0.29) is 6.04 Å². The Hall–Kier alpha value is -0.420. The summed E-state index contributed by atoms with van der Waals surface area (Å²) in [7, 11) is -0.804. The van der Waals surface area contributed by atoms with Crippen molar-refractivity contribution >= 4 is 16.8 Å². The molecule has 0 spiro atoms. The van der Waals surface area contributed by atoms with Gasteiger partial charge < -0.3 is 10.4 Å². The molecule has 5 heteroatoms. The summed E-state index contributed by atoms with van der Waals surface area (Å²) in [5.74, 6) is -0.174. The Morgan fingerprint density at radius 2 is 2.06 bits per heavy atom. The number of carbonyl (C=O) groups is 1. The molecule has 3 atom stereocenters. The van der Waals surface area contributed by atoms with Gasteiger partial charge in [-0.25, -0.2) is 0 Å². The van der Waals surface area contributed by atoms with Crippen molar-refractivity contribution in [3.8, 4) is 0 Å². The number of nitrogens with one attached hydrogen (secondary N) is 1.